The molecule has 4 aliphatic carbocycles. The Balaban J connectivity index is 1.56. The highest BCUT2D eigenvalue weighted by atomic mass is 16.3. The second kappa shape index (κ2) is 6.08. The lowest BCUT2D eigenvalue weighted by molar-refractivity contribution is -0.136. The van der Waals surface area contributed by atoms with E-state index in [1.807, 2.05) is 38.0 Å². The lowest BCUT2D eigenvalue weighted by atomic mass is 9.52. The van der Waals surface area contributed by atoms with E-state index in [1.54, 1.807) is 6.20 Å². The van der Waals surface area contributed by atoms with E-state index >= 15 is 0 Å². The largest absolute Gasteiger partial charge is 0.390 e. The third-order valence-corrected chi connectivity index (χ3v) is 6.36. The topological polar surface area (TPSA) is 81.6 Å². The number of nitrogens with one attached hydrogen (secondary N) is 1. The highest BCUT2D eigenvalue weighted by molar-refractivity contribution is 5.99. The van der Waals surface area contributed by atoms with Crippen LogP contribution >= 0.6 is 0 Å². The SMILES string of the molecule is CN(C)c1ncc(C(=O)N[C@H]2C3CC4CC2C[C@@](O)(C4)C3)c(N(C)C)n1. The Hall–Kier alpha value is -1.89. The van der Waals surface area contributed by atoms with Gasteiger partial charge in [0.05, 0.1) is 5.60 Å². The fourth-order valence-corrected chi connectivity index (χ4v) is 5.53. The van der Waals surface area contributed by atoms with Crippen LogP contribution in [-0.4, -0.2) is 60.8 Å². The van der Waals surface area contributed by atoms with Crippen molar-refractivity contribution in [3.05, 3.63) is 11.8 Å². The lowest BCUT2D eigenvalue weighted by Crippen LogP contribution is -2.61. The predicted octanol–water partition coefficient (Wildman–Crippen LogP) is 1.28. The molecule has 2 unspecified atom stereocenters. The maximum Gasteiger partial charge on any atom is 0.256 e. The molecule has 4 aliphatic rings. The van der Waals surface area contributed by atoms with Gasteiger partial charge in [-0.25, -0.2) is 4.98 Å². The number of hydrogen-bond acceptors (Lipinski definition) is 6. The standard InChI is InChI=1S/C19H29N5O2/c1-23(2)16-14(10-20-18(22-16)24(3)4)17(25)21-15-12-5-11-6-13(15)9-19(26,7-11)8-12/h10-13,15,26H,5-9H2,1-4H3,(H,21,25)/t11?,12?,13?,15-,19+. The van der Waals surface area contributed by atoms with Crippen molar-refractivity contribution in [2.24, 2.45) is 17.8 Å². The van der Waals surface area contributed by atoms with Gasteiger partial charge in [-0.2, -0.15) is 4.98 Å². The quantitative estimate of drug-likeness (QED) is 0.843. The first-order valence-electron chi connectivity index (χ1n) is 9.51. The number of anilines is 2. The zero-order valence-corrected chi connectivity index (χ0v) is 16.1. The number of aliphatic hydroxyl groups is 1. The highest BCUT2D eigenvalue weighted by Crippen LogP contribution is 2.55. The van der Waals surface area contributed by atoms with Crippen molar-refractivity contribution < 1.29 is 9.90 Å². The van der Waals surface area contributed by atoms with Crippen molar-refractivity contribution in [2.45, 2.75) is 43.7 Å². The van der Waals surface area contributed by atoms with Crippen LogP contribution < -0.4 is 15.1 Å². The Bertz CT molecular complexity index is 704. The van der Waals surface area contributed by atoms with E-state index in [9.17, 15) is 9.90 Å². The smallest absolute Gasteiger partial charge is 0.256 e. The van der Waals surface area contributed by atoms with E-state index in [0.29, 0.717) is 35.1 Å². The van der Waals surface area contributed by atoms with Gasteiger partial charge in [0.15, 0.2) is 0 Å². The first-order chi connectivity index (χ1) is 12.3. The highest BCUT2D eigenvalue weighted by Gasteiger charge is 2.55. The number of amides is 1. The van der Waals surface area contributed by atoms with Crippen LogP contribution in [0.2, 0.25) is 0 Å². The molecule has 4 saturated carbocycles. The summed E-state index contributed by atoms with van der Waals surface area (Å²) in [6.07, 6.45) is 6.46. The molecule has 1 heterocycles. The third-order valence-electron chi connectivity index (χ3n) is 6.36. The number of carbonyl (C=O) groups excluding carboxylic acids is 1. The van der Waals surface area contributed by atoms with Gasteiger partial charge in [0.1, 0.15) is 11.4 Å². The number of carbonyl (C=O) groups is 1. The van der Waals surface area contributed by atoms with Gasteiger partial charge in [0, 0.05) is 40.4 Å². The number of nitrogens with zero attached hydrogens (tertiary/aromatic N) is 4. The Morgan fingerprint density at radius 2 is 1.81 bits per heavy atom. The molecule has 26 heavy (non-hydrogen) atoms. The van der Waals surface area contributed by atoms with Crippen molar-refractivity contribution in [3.8, 4) is 0 Å². The number of hydrogen-bond donors (Lipinski definition) is 2. The average molecular weight is 359 g/mol. The molecule has 7 heteroatoms. The molecule has 2 atom stereocenters. The molecule has 0 aromatic carbocycles. The second-order valence-electron chi connectivity index (χ2n) is 8.89. The molecular weight excluding hydrogens is 330 g/mol. The summed E-state index contributed by atoms with van der Waals surface area (Å²) in [5.41, 5.74) is 0.0244. The normalized spacial score (nSPS) is 34.7. The van der Waals surface area contributed by atoms with E-state index < -0.39 is 5.60 Å². The van der Waals surface area contributed by atoms with Gasteiger partial charge >= 0.3 is 0 Å². The molecule has 1 aromatic rings. The maximum absolute atomic E-state index is 13.0. The Morgan fingerprint density at radius 1 is 1.15 bits per heavy atom. The monoisotopic (exact) mass is 359 g/mol. The molecule has 0 aliphatic heterocycles. The maximum atomic E-state index is 13.0. The zero-order chi connectivity index (χ0) is 18.6. The van der Waals surface area contributed by atoms with Crippen molar-refractivity contribution in [1.29, 1.82) is 0 Å². The van der Waals surface area contributed by atoms with Crippen LogP contribution in [0.15, 0.2) is 6.20 Å². The van der Waals surface area contributed by atoms with Gasteiger partial charge < -0.3 is 20.2 Å². The number of aromatic nitrogens is 2. The van der Waals surface area contributed by atoms with Gasteiger partial charge in [-0.15, -0.1) is 0 Å². The van der Waals surface area contributed by atoms with Crippen molar-refractivity contribution >= 4 is 17.7 Å². The Morgan fingerprint density at radius 3 is 2.35 bits per heavy atom. The summed E-state index contributed by atoms with van der Waals surface area (Å²) in [5.74, 6) is 2.51. The van der Waals surface area contributed by atoms with E-state index in [1.165, 1.54) is 0 Å². The molecule has 0 spiro atoms. The predicted molar refractivity (Wildman–Crippen MR) is 100 cm³/mol. The van der Waals surface area contributed by atoms with Crippen LogP contribution in [0, 0.1) is 17.8 Å². The van der Waals surface area contributed by atoms with Crippen LogP contribution in [0.1, 0.15) is 42.5 Å². The van der Waals surface area contributed by atoms with Crippen LogP contribution in [0.5, 0.6) is 0 Å². The van der Waals surface area contributed by atoms with Crippen molar-refractivity contribution in [3.63, 3.8) is 0 Å². The first kappa shape index (κ1) is 17.5. The summed E-state index contributed by atoms with van der Waals surface area (Å²) in [5, 5.41) is 14.0. The van der Waals surface area contributed by atoms with Crippen molar-refractivity contribution in [1.82, 2.24) is 15.3 Å². The van der Waals surface area contributed by atoms with Gasteiger partial charge in [-0.1, -0.05) is 0 Å². The Labute approximate surface area is 154 Å². The van der Waals surface area contributed by atoms with Crippen LogP contribution in [0.25, 0.3) is 0 Å². The van der Waals surface area contributed by atoms with Gasteiger partial charge in [0.2, 0.25) is 5.95 Å². The average Bonchev–Trinajstić information content (AvgIpc) is 2.55. The first-order valence-corrected chi connectivity index (χ1v) is 9.51. The molecule has 0 radical (unpaired) electrons. The van der Waals surface area contributed by atoms with E-state index in [0.717, 1.165) is 32.1 Å². The molecule has 2 N–H and O–H groups in total. The van der Waals surface area contributed by atoms with Gasteiger partial charge in [-0.3, -0.25) is 4.79 Å². The summed E-state index contributed by atoms with van der Waals surface area (Å²) >= 11 is 0. The summed E-state index contributed by atoms with van der Waals surface area (Å²) < 4.78 is 0. The molecular formula is C19H29N5O2. The molecule has 0 saturated heterocycles. The molecule has 5 rings (SSSR count). The van der Waals surface area contributed by atoms with E-state index in [-0.39, 0.29) is 11.9 Å². The molecule has 142 valence electrons. The van der Waals surface area contributed by atoms with Crippen LogP contribution in [0.4, 0.5) is 11.8 Å². The summed E-state index contributed by atoms with van der Waals surface area (Å²) in [4.78, 5) is 25.6. The van der Waals surface area contributed by atoms with Crippen LogP contribution in [0.3, 0.4) is 0 Å². The Kier molecular flexibility index (Phi) is 4.10. The van der Waals surface area contributed by atoms with Crippen LogP contribution in [-0.2, 0) is 0 Å². The zero-order valence-electron chi connectivity index (χ0n) is 16.1. The van der Waals surface area contributed by atoms with E-state index in [4.69, 9.17) is 0 Å². The fourth-order valence-electron chi connectivity index (χ4n) is 5.53. The summed E-state index contributed by atoms with van der Waals surface area (Å²) in [6, 6.07) is 0.155. The lowest BCUT2D eigenvalue weighted by Gasteiger charge is -2.58. The molecule has 1 amide bonds. The third kappa shape index (κ3) is 2.92. The van der Waals surface area contributed by atoms with Gasteiger partial charge in [0.25, 0.3) is 5.91 Å². The van der Waals surface area contributed by atoms with Gasteiger partial charge in [-0.05, 0) is 49.9 Å². The second-order valence-corrected chi connectivity index (χ2v) is 8.89. The molecule has 7 nitrogen and oxygen atoms in total. The minimum Gasteiger partial charge on any atom is -0.390 e. The van der Waals surface area contributed by atoms with Crippen molar-refractivity contribution in [2.75, 3.05) is 38.0 Å². The fraction of sp³-hybridized carbons (Fsp3) is 0.737. The minimum atomic E-state index is -0.483. The molecule has 4 bridgehead atoms. The molecule has 1 aromatic heterocycles. The minimum absolute atomic E-state index is 0.108. The number of rotatable bonds is 4. The molecule has 4 fully saturated rings. The summed E-state index contributed by atoms with van der Waals surface area (Å²) in [7, 11) is 7.54. The summed E-state index contributed by atoms with van der Waals surface area (Å²) in [6.45, 7) is 0. The van der Waals surface area contributed by atoms with E-state index in [2.05, 4.69) is 15.3 Å².